The van der Waals surface area contributed by atoms with E-state index in [1.165, 1.54) is 43.3 Å². The number of esters is 1. The van der Waals surface area contributed by atoms with Crippen molar-refractivity contribution in [1.82, 2.24) is 5.32 Å². The van der Waals surface area contributed by atoms with Crippen LogP contribution in [-0.2, 0) is 22.2 Å². The van der Waals surface area contributed by atoms with Gasteiger partial charge in [0.15, 0.2) is 0 Å². The first kappa shape index (κ1) is 20.9. The van der Waals surface area contributed by atoms with Gasteiger partial charge in [0.1, 0.15) is 11.8 Å². The van der Waals surface area contributed by atoms with E-state index in [0.29, 0.717) is 0 Å². The minimum atomic E-state index is -4.56. The van der Waals surface area contributed by atoms with E-state index in [0.717, 1.165) is 12.1 Å². The van der Waals surface area contributed by atoms with Gasteiger partial charge in [-0.05, 0) is 29.8 Å². The molecule has 2 N–H and O–H groups in total. The summed E-state index contributed by atoms with van der Waals surface area (Å²) in [5, 5.41) is 11.6. The van der Waals surface area contributed by atoms with Crippen LogP contribution in [0.1, 0.15) is 28.4 Å². The first-order chi connectivity index (χ1) is 13.1. The first-order valence-electron chi connectivity index (χ1n) is 8.04. The Hall–Kier alpha value is -3.36. The molecule has 2 aromatic rings. The van der Waals surface area contributed by atoms with Crippen molar-refractivity contribution in [2.24, 2.45) is 0 Å². The fourth-order valence-corrected chi connectivity index (χ4v) is 2.42. The van der Waals surface area contributed by atoms with Crippen LogP contribution < -0.4 is 10.1 Å². The predicted octanol–water partition coefficient (Wildman–Crippen LogP) is 3.06. The summed E-state index contributed by atoms with van der Waals surface area (Å²) in [5.74, 6) is -2.66. The van der Waals surface area contributed by atoms with Crippen molar-refractivity contribution in [1.29, 1.82) is 0 Å². The number of carbonyl (C=O) groups is 3. The molecule has 0 saturated carbocycles. The second-order valence-corrected chi connectivity index (χ2v) is 5.89. The summed E-state index contributed by atoms with van der Waals surface area (Å²) in [6, 6.07) is 8.28. The zero-order valence-corrected chi connectivity index (χ0v) is 14.6. The van der Waals surface area contributed by atoms with Crippen LogP contribution in [0.15, 0.2) is 48.5 Å². The lowest BCUT2D eigenvalue weighted by Gasteiger charge is -2.16. The summed E-state index contributed by atoms with van der Waals surface area (Å²) in [6.45, 7) is 1.18. The Bertz CT molecular complexity index is 895. The molecular formula is C19H16F3NO5. The average molecular weight is 395 g/mol. The second-order valence-electron chi connectivity index (χ2n) is 5.89. The van der Waals surface area contributed by atoms with Crippen LogP contribution in [0.5, 0.6) is 5.75 Å². The van der Waals surface area contributed by atoms with Gasteiger partial charge in [0, 0.05) is 18.9 Å². The summed E-state index contributed by atoms with van der Waals surface area (Å²) in [7, 11) is 0. The third-order valence-electron chi connectivity index (χ3n) is 3.66. The number of carbonyl (C=O) groups excluding carboxylic acids is 2. The summed E-state index contributed by atoms with van der Waals surface area (Å²) in [6.07, 6.45) is -4.90. The maximum absolute atomic E-state index is 12.8. The molecule has 0 unspecified atom stereocenters. The maximum Gasteiger partial charge on any atom is 0.416 e. The molecule has 0 bridgehead atoms. The van der Waals surface area contributed by atoms with Crippen LogP contribution in [-0.4, -0.2) is 29.0 Å². The fourth-order valence-electron chi connectivity index (χ4n) is 2.42. The molecule has 28 heavy (non-hydrogen) atoms. The molecule has 6 nitrogen and oxygen atoms in total. The smallest absolute Gasteiger partial charge is 0.416 e. The van der Waals surface area contributed by atoms with Crippen LogP contribution >= 0.6 is 0 Å². The predicted molar refractivity (Wildman–Crippen MR) is 91.8 cm³/mol. The van der Waals surface area contributed by atoms with Crippen molar-refractivity contribution in [2.45, 2.75) is 25.6 Å². The van der Waals surface area contributed by atoms with Crippen LogP contribution in [0.25, 0.3) is 0 Å². The van der Waals surface area contributed by atoms with E-state index >= 15 is 0 Å². The Kier molecular flexibility index (Phi) is 6.40. The van der Waals surface area contributed by atoms with E-state index in [1.54, 1.807) is 0 Å². The molecule has 2 rings (SSSR count). The number of rotatable bonds is 6. The summed E-state index contributed by atoms with van der Waals surface area (Å²) in [4.78, 5) is 34.8. The molecule has 0 spiro atoms. The van der Waals surface area contributed by atoms with Gasteiger partial charge in [0.05, 0.1) is 5.56 Å². The van der Waals surface area contributed by atoms with E-state index in [9.17, 15) is 32.7 Å². The molecule has 0 aliphatic carbocycles. The van der Waals surface area contributed by atoms with Crippen molar-refractivity contribution in [3.63, 3.8) is 0 Å². The minimum absolute atomic E-state index is 0.0362. The number of benzene rings is 2. The molecular weight excluding hydrogens is 379 g/mol. The standard InChI is InChI=1S/C19H16F3NO5/c1-11(24)28-15-7-3-5-13(10-15)17(25)23-16(18(26)27)9-12-4-2-6-14(8-12)19(20,21)22/h2-8,10,16H,9H2,1H3,(H,23,25)(H,26,27)/t16-/m0/s1. The number of nitrogens with one attached hydrogen (secondary N) is 1. The van der Waals surface area contributed by atoms with Crippen molar-refractivity contribution >= 4 is 17.8 Å². The second kappa shape index (κ2) is 8.55. The molecule has 0 radical (unpaired) electrons. The molecule has 1 amide bonds. The van der Waals surface area contributed by atoms with Crippen LogP contribution in [0, 0.1) is 0 Å². The highest BCUT2D eigenvalue weighted by Crippen LogP contribution is 2.29. The monoisotopic (exact) mass is 395 g/mol. The van der Waals surface area contributed by atoms with E-state index < -0.39 is 35.6 Å². The molecule has 0 fully saturated rings. The van der Waals surface area contributed by atoms with Crippen molar-refractivity contribution < 1.29 is 37.4 Å². The minimum Gasteiger partial charge on any atom is -0.480 e. The third kappa shape index (κ3) is 5.83. The topological polar surface area (TPSA) is 92.7 Å². The van der Waals surface area contributed by atoms with Gasteiger partial charge in [-0.1, -0.05) is 24.3 Å². The van der Waals surface area contributed by atoms with E-state index in [2.05, 4.69) is 5.32 Å². The third-order valence-corrected chi connectivity index (χ3v) is 3.66. The van der Waals surface area contributed by atoms with Crippen molar-refractivity contribution in [2.75, 3.05) is 0 Å². The number of aliphatic carboxylic acids is 1. The number of halogens is 3. The van der Waals surface area contributed by atoms with Crippen LogP contribution in [0.4, 0.5) is 13.2 Å². The largest absolute Gasteiger partial charge is 0.480 e. The van der Waals surface area contributed by atoms with Gasteiger partial charge in [-0.3, -0.25) is 9.59 Å². The Morgan fingerprint density at radius 2 is 1.79 bits per heavy atom. The van der Waals surface area contributed by atoms with Crippen LogP contribution in [0.3, 0.4) is 0 Å². The number of alkyl halides is 3. The molecule has 0 aliphatic rings. The lowest BCUT2D eigenvalue weighted by atomic mass is 10.0. The van der Waals surface area contributed by atoms with Gasteiger partial charge < -0.3 is 15.2 Å². The highest BCUT2D eigenvalue weighted by atomic mass is 19.4. The fraction of sp³-hybridized carbons (Fsp3) is 0.211. The number of amides is 1. The number of ether oxygens (including phenoxy) is 1. The van der Waals surface area contributed by atoms with Crippen LogP contribution in [0.2, 0.25) is 0 Å². The quantitative estimate of drug-likeness (QED) is 0.579. The van der Waals surface area contributed by atoms with Gasteiger partial charge in [0.2, 0.25) is 0 Å². The molecule has 0 saturated heterocycles. The molecule has 0 aliphatic heterocycles. The highest BCUT2D eigenvalue weighted by Gasteiger charge is 2.31. The Morgan fingerprint density at radius 1 is 1.11 bits per heavy atom. The molecule has 0 aromatic heterocycles. The van der Waals surface area contributed by atoms with Gasteiger partial charge in [-0.15, -0.1) is 0 Å². The lowest BCUT2D eigenvalue weighted by Crippen LogP contribution is -2.42. The normalized spacial score (nSPS) is 12.1. The average Bonchev–Trinajstić information content (AvgIpc) is 2.60. The summed E-state index contributed by atoms with van der Waals surface area (Å²) >= 11 is 0. The molecule has 0 heterocycles. The lowest BCUT2D eigenvalue weighted by molar-refractivity contribution is -0.139. The SMILES string of the molecule is CC(=O)Oc1cccc(C(=O)N[C@@H](Cc2cccc(C(F)(F)F)c2)C(=O)O)c1. The van der Waals surface area contributed by atoms with Crippen molar-refractivity contribution in [3.05, 3.63) is 65.2 Å². The summed E-state index contributed by atoms with van der Waals surface area (Å²) in [5.41, 5.74) is -0.764. The number of carboxylic acids is 1. The number of carboxylic acid groups (broad SMARTS) is 1. The van der Waals surface area contributed by atoms with Gasteiger partial charge in [-0.2, -0.15) is 13.2 Å². The van der Waals surface area contributed by atoms with Crippen molar-refractivity contribution in [3.8, 4) is 5.75 Å². The van der Waals surface area contributed by atoms with E-state index in [-0.39, 0.29) is 23.3 Å². The molecule has 2 aromatic carbocycles. The van der Waals surface area contributed by atoms with Gasteiger partial charge in [-0.25, -0.2) is 4.79 Å². The zero-order chi connectivity index (χ0) is 20.9. The highest BCUT2D eigenvalue weighted by molar-refractivity contribution is 5.97. The Morgan fingerprint density at radius 3 is 2.39 bits per heavy atom. The number of hydrogen-bond acceptors (Lipinski definition) is 4. The molecule has 1 atom stereocenters. The maximum atomic E-state index is 12.8. The Labute approximate surface area is 157 Å². The van der Waals surface area contributed by atoms with E-state index in [4.69, 9.17) is 4.74 Å². The Balaban J connectivity index is 2.16. The summed E-state index contributed by atoms with van der Waals surface area (Å²) < 4.78 is 43.3. The van der Waals surface area contributed by atoms with Gasteiger partial charge >= 0.3 is 18.1 Å². The number of hydrogen-bond donors (Lipinski definition) is 2. The van der Waals surface area contributed by atoms with E-state index in [1.807, 2.05) is 0 Å². The zero-order valence-electron chi connectivity index (χ0n) is 14.6. The molecule has 148 valence electrons. The van der Waals surface area contributed by atoms with Gasteiger partial charge in [0.25, 0.3) is 5.91 Å². The molecule has 9 heteroatoms. The first-order valence-corrected chi connectivity index (χ1v) is 8.04.